The zero-order chi connectivity index (χ0) is 22.9. The number of aryl methyl sites for hydroxylation is 2. The first-order valence-corrected chi connectivity index (χ1v) is 11.4. The number of hydrogen-bond donors (Lipinski definition) is 1. The Morgan fingerprint density at radius 3 is 2.56 bits per heavy atom. The van der Waals surface area contributed by atoms with Crippen LogP contribution in [0.5, 0.6) is 0 Å². The average Bonchev–Trinajstić information content (AvgIpc) is 2.77. The van der Waals surface area contributed by atoms with Gasteiger partial charge in [-0.25, -0.2) is 13.2 Å². The van der Waals surface area contributed by atoms with E-state index in [2.05, 4.69) is 4.72 Å². The zero-order valence-electron chi connectivity index (χ0n) is 17.5. The molecule has 0 aliphatic rings. The van der Waals surface area contributed by atoms with Crippen molar-refractivity contribution >= 4 is 37.7 Å². The molecule has 0 unspecified atom stereocenters. The number of hydrogen-bond acceptors (Lipinski definition) is 6. The Kier molecular flexibility index (Phi) is 5.82. The van der Waals surface area contributed by atoms with E-state index in [1.165, 1.54) is 12.1 Å². The van der Waals surface area contributed by atoms with Gasteiger partial charge in [0, 0.05) is 17.0 Å². The molecule has 164 valence electrons. The molecular weight excluding hydrogens is 430 g/mol. The summed E-state index contributed by atoms with van der Waals surface area (Å²) in [6.07, 6.45) is 0. The molecule has 0 aliphatic heterocycles. The Hall–Kier alpha value is -3.49. The molecule has 0 amide bonds. The van der Waals surface area contributed by atoms with E-state index in [9.17, 15) is 18.0 Å². The second-order valence-corrected chi connectivity index (χ2v) is 9.25. The van der Waals surface area contributed by atoms with E-state index in [0.717, 1.165) is 21.9 Å². The normalized spacial score (nSPS) is 11.7. The highest BCUT2D eigenvalue weighted by molar-refractivity contribution is 7.89. The molecule has 0 radical (unpaired) electrons. The number of ether oxygens (including phenoxy) is 1. The molecule has 0 spiro atoms. The van der Waals surface area contributed by atoms with Crippen molar-refractivity contribution in [1.82, 2.24) is 4.72 Å². The van der Waals surface area contributed by atoms with Crippen LogP contribution in [0.3, 0.4) is 0 Å². The van der Waals surface area contributed by atoms with Crippen LogP contribution in [0.4, 0.5) is 0 Å². The molecule has 1 aromatic heterocycles. The van der Waals surface area contributed by atoms with Crippen molar-refractivity contribution < 1.29 is 22.4 Å². The van der Waals surface area contributed by atoms with Crippen molar-refractivity contribution in [2.24, 2.45) is 0 Å². The molecule has 0 bridgehead atoms. The summed E-state index contributed by atoms with van der Waals surface area (Å²) in [6, 6.07) is 17.1. The fraction of sp³-hybridized carbons (Fsp3) is 0.167. The number of nitrogens with one attached hydrogen (secondary N) is 1. The third-order valence-electron chi connectivity index (χ3n) is 5.30. The van der Waals surface area contributed by atoms with Gasteiger partial charge in [-0.15, -0.1) is 0 Å². The zero-order valence-corrected chi connectivity index (χ0v) is 18.4. The molecule has 8 heteroatoms. The lowest BCUT2D eigenvalue weighted by Crippen LogP contribution is -2.30. The molecular formula is C24H21NO6S. The Morgan fingerprint density at radius 2 is 1.78 bits per heavy atom. The van der Waals surface area contributed by atoms with Crippen LogP contribution in [-0.2, 0) is 26.2 Å². The predicted octanol–water partition coefficient (Wildman–Crippen LogP) is 3.58. The molecule has 4 rings (SSSR count). The summed E-state index contributed by atoms with van der Waals surface area (Å²) < 4.78 is 37.7. The number of sulfonamides is 1. The van der Waals surface area contributed by atoms with E-state index >= 15 is 0 Å². The van der Waals surface area contributed by atoms with Crippen molar-refractivity contribution in [3.63, 3.8) is 0 Å². The summed E-state index contributed by atoms with van der Waals surface area (Å²) in [5, 5.41) is 2.48. The lowest BCUT2D eigenvalue weighted by molar-refractivity contribution is -0.143. The van der Waals surface area contributed by atoms with Gasteiger partial charge in [0.05, 0.1) is 4.90 Å². The van der Waals surface area contributed by atoms with Gasteiger partial charge in [-0.2, -0.15) is 4.72 Å². The highest BCUT2D eigenvalue weighted by atomic mass is 32.2. The number of fused-ring (bicyclic) bond motifs is 3. The SMILES string of the molecule is Cc1ccc(S(=O)(=O)NCC(=O)OCc2cc(=O)oc3ccc4ccccc4c23)cc1C. The number of carbonyl (C=O) groups is 1. The van der Waals surface area contributed by atoms with Crippen LogP contribution in [0.25, 0.3) is 21.7 Å². The predicted molar refractivity (Wildman–Crippen MR) is 121 cm³/mol. The van der Waals surface area contributed by atoms with E-state index in [0.29, 0.717) is 16.5 Å². The molecule has 0 aliphatic carbocycles. The van der Waals surface area contributed by atoms with E-state index in [4.69, 9.17) is 9.15 Å². The van der Waals surface area contributed by atoms with Crippen molar-refractivity contribution in [2.75, 3.05) is 6.54 Å². The second kappa shape index (κ2) is 8.57. The van der Waals surface area contributed by atoms with Crippen LogP contribution in [0, 0.1) is 13.8 Å². The second-order valence-electron chi connectivity index (χ2n) is 7.48. The first kappa shape index (κ1) is 21.7. The smallest absolute Gasteiger partial charge is 0.336 e. The minimum atomic E-state index is -3.86. The molecule has 32 heavy (non-hydrogen) atoms. The van der Waals surface area contributed by atoms with Crippen LogP contribution in [0.2, 0.25) is 0 Å². The van der Waals surface area contributed by atoms with Crippen molar-refractivity contribution in [1.29, 1.82) is 0 Å². The van der Waals surface area contributed by atoms with E-state index < -0.39 is 28.2 Å². The fourth-order valence-corrected chi connectivity index (χ4v) is 4.52. The summed E-state index contributed by atoms with van der Waals surface area (Å²) in [5.41, 5.74) is 2.11. The fourth-order valence-electron chi connectivity index (χ4n) is 3.46. The maximum Gasteiger partial charge on any atom is 0.336 e. The van der Waals surface area contributed by atoms with E-state index in [1.54, 1.807) is 18.2 Å². The van der Waals surface area contributed by atoms with Gasteiger partial charge in [-0.05, 0) is 53.9 Å². The summed E-state index contributed by atoms with van der Waals surface area (Å²) in [6.45, 7) is 2.97. The van der Waals surface area contributed by atoms with Gasteiger partial charge in [-0.3, -0.25) is 4.79 Å². The maximum absolute atomic E-state index is 12.5. The average molecular weight is 452 g/mol. The van der Waals surface area contributed by atoms with Crippen molar-refractivity contribution in [3.8, 4) is 0 Å². The Labute approximate surface area is 184 Å². The van der Waals surface area contributed by atoms with E-state index in [-0.39, 0.29) is 11.5 Å². The monoisotopic (exact) mass is 451 g/mol. The number of esters is 1. The van der Waals surface area contributed by atoms with Crippen LogP contribution >= 0.6 is 0 Å². The highest BCUT2D eigenvalue weighted by Gasteiger charge is 2.17. The molecule has 3 aromatic carbocycles. The van der Waals surface area contributed by atoms with Gasteiger partial charge < -0.3 is 9.15 Å². The van der Waals surface area contributed by atoms with E-state index in [1.807, 2.05) is 44.2 Å². The molecule has 1 heterocycles. The summed E-state index contributed by atoms with van der Waals surface area (Å²) >= 11 is 0. The third-order valence-corrected chi connectivity index (χ3v) is 6.70. The van der Waals surface area contributed by atoms with Crippen molar-refractivity contribution in [3.05, 3.63) is 87.8 Å². The Balaban J connectivity index is 1.51. The summed E-state index contributed by atoms with van der Waals surface area (Å²) in [5.74, 6) is -0.765. The summed E-state index contributed by atoms with van der Waals surface area (Å²) in [4.78, 5) is 24.3. The Bertz CT molecular complexity index is 1500. The molecule has 4 aromatic rings. The highest BCUT2D eigenvalue weighted by Crippen LogP contribution is 2.27. The number of rotatable bonds is 6. The topological polar surface area (TPSA) is 103 Å². The van der Waals surface area contributed by atoms with Gasteiger partial charge in [0.2, 0.25) is 10.0 Å². The lowest BCUT2D eigenvalue weighted by Gasteiger charge is -2.11. The first-order valence-electron chi connectivity index (χ1n) is 9.91. The van der Waals surface area contributed by atoms with Gasteiger partial charge >= 0.3 is 11.6 Å². The largest absolute Gasteiger partial charge is 0.460 e. The molecule has 0 saturated heterocycles. The van der Waals surface area contributed by atoms with Gasteiger partial charge in [0.25, 0.3) is 0 Å². The Morgan fingerprint density at radius 1 is 1.00 bits per heavy atom. The van der Waals surface area contributed by atoms with Crippen LogP contribution in [0.1, 0.15) is 16.7 Å². The standard InChI is InChI=1S/C24H21NO6S/c1-15-7-9-19(11-16(15)2)32(28,29)25-13-23(27)30-14-18-12-22(26)31-21-10-8-17-5-3-4-6-20(17)24(18)21/h3-12,25H,13-14H2,1-2H3. The first-order chi connectivity index (χ1) is 15.2. The van der Waals surface area contributed by atoms with Gasteiger partial charge in [-0.1, -0.05) is 36.4 Å². The number of carbonyl (C=O) groups excluding carboxylic acids is 1. The van der Waals surface area contributed by atoms with Crippen LogP contribution in [-0.4, -0.2) is 20.9 Å². The quantitative estimate of drug-likeness (QED) is 0.273. The maximum atomic E-state index is 12.5. The minimum Gasteiger partial charge on any atom is -0.460 e. The lowest BCUT2D eigenvalue weighted by atomic mass is 10.0. The third kappa shape index (κ3) is 4.42. The molecule has 0 saturated carbocycles. The van der Waals surface area contributed by atoms with Crippen LogP contribution < -0.4 is 10.3 Å². The molecule has 7 nitrogen and oxygen atoms in total. The minimum absolute atomic E-state index is 0.0755. The number of benzene rings is 3. The van der Waals surface area contributed by atoms with Gasteiger partial charge in [0.1, 0.15) is 18.7 Å². The summed E-state index contributed by atoms with van der Waals surface area (Å²) in [7, 11) is -3.86. The molecule has 1 N–H and O–H groups in total. The van der Waals surface area contributed by atoms with Crippen molar-refractivity contribution in [2.45, 2.75) is 25.3 Å². The molecule has 0 fully saturated rings. The molecule has 0 atom stereocenters. The van der Waals surface area contributed by atoms with Crippen LogP contribution in [0.15, 0.2) is 74.8 Å². The van der Waals surface area contributed by atoms with Gasteiger partial charge in [0.15, 0.2) is 0 Å².